The first-order chi connectivity index (χ1) is 11.5. The van der Waals surface area contributed by atoms with E-state index >= 15 is 0 Å². The summed E-state index contributed by atoms with van der Waals surface area (Å²) >= 11 is 3.10. The number of benzene rings is 2. The van der Waals surface area contributed by atoms with Crippen LogP contribution in [0.4, 0.5) is 14.9 Å². The molecular weight excluding hydrogens is 383 g/mol. The summed E-state index contributed by atoms with van der Waals surface area (Å²) in [6.45, 7) is -0.715. The molecule has 0 unspecified atom stereocenters. The van der Waals surface area contributed by atoms with Gasteiger partial charge in [-0.15, -0.1) is 0 Å². The second-order valence-corrected chi connectivity index (χ2v) is 5.48. The van der Waals surface area contributed by atoms with Gasteiger partial charge in [-0.1, -0.05) is 34.1 Å². The van der Waals surface area contributed by atoms with Gasteiger partial charge in [0.15, 0.2) is 6.61 Å². The molecule has 3 amide bonds. The van der Waals surface area contributed by atoms with E-state index in [0.717, 1.165) is 6.07 Å². The van der Waals surface area contributed by atoms with E-state index in [0.29, 0.717) is 10.2 Å². The lowest BCUT2D eigenvalue weighted by Crippen LogP contribution is -2.37. The molecule has 2 aromatic rings. The van der Waals surface area contributed by atoms with Crippen LogP contribution < -0.4 is 10.6 Å². The second-order valence-electron chi connectivity index (χ2n) is 4.57. The van der Waals surface area contributed by atoms with Gasteiger partial charge in [-0.25, -0.2) is 14.0 Å². The number of anilines is 1. The van der Waals surface area contributed by atoms with Crippen molar-refractivity contribution < 1.29 is 23.5 Å². The predicted octanol–water partition coefficient (Wildman–Crippen LogP) is 3.09. The molecule has 0 saturated carbocycles. The van der Waals surface area contributed by atoms with Gasteiger partial charge in [0.2, 0.25) is 0 Å². The van der Waals surface area contributed by atoms with E-state index in [-0.39, 0.29) is 5.56 Å². The van der Waals surface area contributed by atoms with Gasteiger partial charge in [0, 0.05) is 10.2 Å². The average Bonchev–Trinajstić information content (AvgIpc) is 2.55. The van der Waals surface area contributed by atoms with Crippen LogP contribution in [0.3, 0.4) is 0 Å². The zero-order chi connectivity index (χ0) is 17.5. The molecule has 0 heterocycles. The molecule has 2 rings (SSSR count). The van der Waals surface area contributed by atoms with Crippen molar-refractivity contribution in [3.05, 3.63) is 64.4 Å². The number of para-hydroxylation sites is 1. The first kappa shape index (κ1) is 17.6. The van der Waals surface area contributed by atoms with Crippen molar-refractivity contribution in [2.45, 2.75) is 0 Å². The summed E-state index contributed by atoms with van der Waals surface area (Å²) < 4.78 is 18.7. The normalized spacial score (nSPS) is 9.92. The van der Waals surface area contributed by atoms with E-state index in [1.807, 2.05) is 5.32 Å². The first-order valence-electron chi connectivity index (χ1n) is 6.74. The molecule has 0 radical (unpaired) electrons. The standard InChI is InChI=1S/C16H12BrFN2O4/c17-10-6-7-13(18)12(8-10)15(22)24-9-14(21)20-16(23)19-11-4-2-1-3-5-11/h1-8H,9H2,(H2,19,20,21,23). The topological polar surface area (TPSA) is 84.5 Å². The molecule has 6 nitrogen and oxygen atoms in total. The van der Waals surface area contributed by atoms with Crippen LogP contribution in [0.15, 0.2) is 53.0 Å². The van der Waals surface area contributed by atoms with Gasteiger partial charge < -0.3 is 10.1 Å². The third kappa shape index (κ3) is 5.17. The Hall–Kier alpha value is -2.74. The number of rotatable bonds is 4. The second kappa shape index (κ2) is 8.21. The maximum absolute atomic E-state index is 13.5. The minimum atomic E-state index is -1.01. The lowest BCUT2D eigenvalue weighted by molar-refractivity contribution is -0.123. The molecule has 0 aromatic heterocycles. The Morgan fingerprint density at radius 1 is 1.08 bits per heavy atom. The highest BCUT2D eigenvalue weighted by Gasteiger charge is 2.16. The summed E-state index contributed by atoms with van der Waals surface area (Å²) in [6, 6.07) is 11.5. The van der Waals surface area contributed by atoms with Gasteiger partial charge in [0.05, 0.1) is 5.56 Å². The Balaban J connectivity index is 1.83. The Morgan fingerprint density at radius 3 is 2.50 bits per heavy atom. The number of imide groups is 1. The number of amides is 3. The van der Waals surface area contributed by atoms with Crippen molar-refractivity contribution in [2.75, 3.05) is 11.9 Å². The first-order valence-corrected chi connectivity index (χ1v) is 7.53. The highest BCUT2D eigenvalue weighted by atomic mass is 79.9. The van der Waals surface area contributed by atoms with E-state index < -0.39 is 30.3 Å². The maximum Gasteiger partial charge on any atom is 0.341 e. The smallest absolute Gasteiger partial charge is 0.341 e. The van der Waals surface area contributed by atoms with Crippen LogP contribution in [-0.2, 0) is 9.53 Å². The molecule has 0 saturated heterocycles. The molecule has 0 atom stereocenters. The summed E-state index contributed by atoms with van der Waals surface area (Å²) in [7, 11) is 0. The van der Waals surface area contributed by atoms with Gasteiger partial charge in [-0.05, 0) is 30.3 Å². The van der Waals surface area contributed by atoms with E-state index in [1.165, 1.54) is 12.1 Å². The summed E-state index contributed by atoms with van der Waals surface area (Å²) in [4.78, 5) is 34.9. The molecular formula is C16H12BrFN2O4. The predicted molar refractivity (Wildman–Crippen MR) is 88.0 cm³/mol. The molecule has 2 N–H and O–H groups in total. The molecule has 124 valence electrons. The van der Waals surface area contributed by atoms with Gasteiger partial charge >= 0.3 is 12.0 Å². The molecule has 24 heavy (non-hydrogen) atoms. The van der Waals surface area contributed by atoms with E-state index in [4.69, 9.17) is 0 Å². The van der Waals surface area contributed by atoms with Crippen molar-refractivity contribution in [3.63, 3.8) is 0 Å². The fourth-order valence-electron chi connectivity index (χ4n) is 1.71. The minimum absolute atomic E-state index is 0.314. The van der Waals surface area contributed by atoms with Gasteiger partial charge in [0.1, 0.15) is 5.82 Å². The SMILES string of the molecule is O=C(COC(=O)c1cc(Br)ccc1F)NC(=O)Nc1ccccc1. The number of urea groups is 1. The highest BCUT2D eigenvalue weighted by Crippen LogP contribution is 2.16. The average molecular weight is 395 g/mol. The van der Waals surface area contributed by atoms with Crippen LogP contribution in [0.2, 0.25) is 0 Å². The number of carbonyl (C=O) groups is 3. The van der Waals surface area contributed by atoms with Crippen molar-refractivity contribution in [1.82, 2.24) is 5.32 Å². The number of hydrogen-bond acceptors (Lipinski definition) is 4. The highest BCUT2D eigenvalue weighted by molar-refractivity contribution is 9.10. The molecule has 0 bridgehead atoms. The summed E-state index contributed by atoms with van der Waals surface area (Å²) in [6.07, 6.45) is 0. The van der Waals surface area contributed by atoms with E-state index in [1.54, 1.807) is 30.3 Å². The molecule has 0 fully saturated rings. The zero-order valence-electron chi connectivity index (χ0n) is 12.2. The molecule has 0 spiro atoms. The third-order valence-electron chi connectivity index (χ3n) is 2.77. The van der Waals surface area contributed by atoms with E-state index in [9.17, 15) is 18.8 Å². The van der Waals surface area contributed by atoms with Crippen molar-refractivity contribution in [3.8, 4) is 0 Å². The van der Waals surface area contributed by atoms with Crippen molar-refractivity contribution in [2.24, 2.45) is 0 Å². The number of esters is 1. The lowest BCUT2D eigenvalue weighted by atomic mass is 10.2. The minimum Gasteiger partial charge on any atom is -0.452 e. The number of hydrogen-bond donors (Lipinski definition) is 2. The Bertz CT molecular complexity index is 768. The van der Waals surface area contributed by atoms with Crippen LogP contribution in [0.25, 0.3) is 0 Å². The fraction of sp³-hybridized carbons (Fsp3) is 0.0625. The van der Waals surface area contributed by atoms with Crippen LogP contribution in [0.5, 0.6) is 0 Å². The molecule has 8 heteroatoms. The summed E-state index contributed by atoms with van der Waals surface area (Å²) in [5.74, 6) is -2.62. The largest absolute Gasteiger partial charge is 0.452 e. The van der Waals surface area contributed by atoms with Crippen molar-refractivity contribution >= 4 is 39.5 Å². The third-order valence-corrected chi connectivity index (χ3v) is 3.26. The van der Waals surface area contributed by atoms with Crippen LogP contribution in [0.1, 0.15) is 10.4 Å². The van der Waals surface area contributed by atoms with Gasteiger partial charge in [-0.3, -0.25) is 10.1 Å². The maximum atomic E-state index is 13.5. The number of nitrogens with one attached hydrogen (secondary N) is 2. The van der Waals surface area contributed by atoms with Crippen molar-refractivity contribution in [1.29, 1.82) is 0 Å². The monoisotopic (exact) mass is 394 g/mol. The molecule has 0 aliphatic carbocycles. The van der Waals surface area contributed by atoms with Gasteiger partial charge in [0.25, 0.3) is 5.91 Å². The molecule has 0 aliphatic heterocycles. The van der Waals surface area contributed by atoms with E-state index in [2.05, 4.69) is 26.0 Å². The number of halogens is 2. The quantitative estimate of drug-likeness (QED) is 0.780. The van der Waals surface area contributed by atoms with Crippen LogP contribution >= 0.6 is 15.9 Å². The van der Waals surface area contributed by atoms with Gasteiger partial charge in [-0.2, -0.15) is 0 Å². The lowest BCUT2D eigenvalue weighted by Gasteiger charge is -2.08. The van der Waals surface area contributed by atoms with Crippen LogP contribution in [0, 0.1) is 5.82 Å². The summed E-state index contributed by atoms with van der Waals surface area (Å²) in [5.41, 5.74) is 0.182. The number of carbonyl (C=O) groups excluding carboxylic acids is 3. The Morgan fingerprint density at radius 2 is 1.79 bits per heavy atom. The Labute approximate surface area is 145 Å². The Kier molecular flexibility index (Phi) is 6.02. The summed E-state index contributed by atoms with van der Waals surface area (Å²) in [5, 5.41) is 4.42. The van der Waals surface area contributed by atoms with Crippen LogP contribution in [-0.4, -0.2) is 24.5 Å². The fourth-order valence-corrected chi connectivity index (χ4v) is 2.07. The molecule has 0 aliphatic rings. The number of ether oxygens (including phenoxy) is 1. The zero-order valence-corrected chi connectivity index (χ0v) is 13.8. The molecule has 2 aromatic carbocycles.